The van der Waals surface area contributed by atoms with Gasteiger partial charge in [0.05, 0.1) is 5.75 Å². The summed E-state index contributed by atoms with van der Waals surface area (Å²) in [5.41, 5.74) is 6.73. The van der Waals surface area contributed by atoms with E-state index >= 15 is 0 Å². The molecule has 0 radical (unpaired) electrons. The van der Waals surface area contributed by atoms with Gasteiger partial charge in [-0.2, -0.15) is 11.8 Å². The maximum absolute atomic E-state index is 11.4. The molecule has 1 aromatic heterocycles. The number of para-hydroxylation sites is 1. The number of fused-ring (bicyclic) bond motifs is 1. The fraction of sp³-hybridized carbons (Fsp3) is 0.357. The SMILES string of the molecule is CCC(N)CSCc1oc2ccccc2c1C(=O)O. The zero-order valence-corrected chi connectivity index (χ0v) is 11.6. The van der Waals surface area contributed by atoms with Crippen LogP contribution >= 0.6 is 11.8 Å². The Morgan fingerprint density at radius 2 is 2.21 bits per heavy atom. The van der Waals surface area contributed by atoms with Crippen LogP contribution in [-0.2, 0) is 5.75 Å². The standard InChI is InChI=1S/C14H17NO3S/c1-2-9(15)7-19-8-12-13(14(16)17)10-5-3-4-6-11(10)18-12/h3-6,9H,2,7-8,15H2,1H3,(H,16,17). The van der Waals surface area contributed by atoms with Crippen molar-refractivity contribution in [1.82, 2.24) is 0 Å². The number of benzene rings is 1. The van der Waals surface area contributed by atoms with Gasteiger partial charge in [0.1, 0.15) is 16.9 Å². The summed E-state index contributed by atoms with van der Waals surface area (Å²) in [6.45, 7) is 2.04. The van der Waals surface area contributed by atoms with Gasteiger partial charge >= 0.3 is 5.97 Å². The molecule has 1 atom stereocenters. The molecule has 0 aliphatic rings. The zero-order valence-electron chi connectivity index (χ0n) is 10.8. The molecule has 0 bridgehead atoms. The van der Waals surface area contributed by atoms with E-state index in [2.05, 4.69) is 0 Å². The summed E-state index contributed by atoms with van der Waals surface area (Å²) in [5.74, 6) is 0.902. The van der Waals surface area contributed by atoms with Gasteiger partial charge in [0, 0.05) is 17.2 Å². The van der Waals surface area contributed by atoms with Crippen molar-refractivity contribution in [2.45, 2.75) is 25.1 Å². The average molecular weight is 279 g/mol. The fourth-order valence-electron chi connectivity index (χ4n) is 1.85. The van der Waals surface area contributed by atoms with Crippen molar-refractivity contribution >= 4 is 28.7 Å². The topological polar surface area (TPSA) is 76.5 Å². The number of carboxylic acid groups (broad SMARTS) is 1. The lowest BCUT2D eigenvalue weighted by Crippen LogP contribution is -2.21. The number of hydrogen-bond donors (Lipinski definition) is 2. The van der Waals surface area contributed by atoms with E-state index in [1.807, 2.05) is 19.1 Å². The largest absolute Gasteiger partial charge is 0.478 e. The first-order chi connectivity index (χ1) is 9.13. The predicted molar refractivity (Wildman–Crippen MR) is 77.6 cm³/mol. The number of nitrogens with two attached hydrogens (primary N) is 1. The molecule has 0 saturated heterocycles. The first kappa shape index (κ1) is 14.0. The van der Waals surface area contributed by atoms with Gasteiger partial charge in [0.15, 0.2) is 0 Å². The van der Waals surface area contributed by atoms with Crippen LogP contribution in [-0.4, -0.2) is 22.9 Å². The van der Waals surface area contributed by atoms with E-state index < -0.39 is 5.97 Å². The molecule has 1 heterocycles. The van der Waals surface area contributed by atoms with E-state index in [0.717, 1.165) is 12.2 Å². The first-order valence-electron chi connectivity index (χ1n) is 6.20. The maximum atomic E-state index is 11.4. The highest BCUT2D eigenvalue weighted by Gasteiger charge is 2.19. The molecule has 0 aliphatic heterocycles. The van der Waals surface area contributed by atoms with Crippen LogP contribution in [0.2, 0.25) is 0 Å². The minimum absolute atomic E-state index is 0.141. The Hall–Kier alpha value is -1.46. The molecular formula is C14H17NO3S. The third kappa shape index (κ3) is 3.11. The highest BCUT2D eigenvalue weighted by atomic mass is 32.2. The van der Waals surface area contributed by atoms with Crippen molar-refractivity contribution in [2.24, 2.45) is 5.73 Å². The molecule has 1 unspecified atom stereocenters. The van der Waals surface area contributed by atoms with Crippen LogP contribution < -0.4 is 5.73 Å². The molecule has 3 N–H and O–H groups in total. The lowest BCUT2D eigenvalue weighted by atomic mass is 10.1. The van der Waals surface area contributed by atoms with Crippen molar-refractivity contribution in [1.29, 1.82) is 0 Å². The Balaban J connectivity index is 2.22. The van der Waals surface area contributed by atoms with Gasteiger partial charge in [0.2, 0.25) is 0 Å². The van der Waals surface area contributed by atoms with E-state index in [-0.39, 0.29) is 11.6 Å². The Kier molecular flexibility index (Phi) is 4.50. The van der Waals surface area contributed by atoms with Gasteiger partial charge in [0.25, 0.3) is 0 Å². The Bertz CT molecular complexity index is 579. The van der Waals surface area contributed by atoms with E-state index in [4.69, 9.17) is 10.2 Å². The van der Waals surface area contributed by atoms with Crippen LogP contribution in [0.3, 0.4) is 0 Å². The average Bonchev–Trinajstić information content (AvgIpc) is 2.76. The maximum Gasteiger partial charge on any atom is 0.339 e. The van der Waals surface area contributed by atoms with Gasteiger partial charge in [-0.05, 0) is 12.5 Å². The molecule has 0 aliphatic carbocycles. The molecule has 5 heteroatoms. The summed E-state index contributed by atoms with van der Waals surface area (Å²) >= 11 is 1.60. The lowest BCUT2D eigenvalue weighted by Gasteiger charge is -2.06. The van der Waals surface area contributed by atoms with E-state index in [1.54, 1.807) is 23.9 Å². The molecule has 4 nitrogen and oxygen atoms in total. The molecule has 0 fully saturated rings. The van der Waals surface area contributed by atoms with Gasteiger partial charge in [-0.1, -0.05) is 25.1 Å². The Morgan fingerprint density at radius 1 is 1.47 bits per heavy atom. The minimum Gasteiger partial charge on any atom is -0.478 e. The lowest BCUT2D eigenvalue weighted by molar-refractivity contribution is 0.0697. The quantitative estimate of drug-likeness (QED) is 0.849. The number of hydrogen-bond acceptors (Lipinski definition) is 4. The molecule has 1 aromatic carbocycles. The van der Waals surface area contributed by atoms with Crippen LogP contribution in [0.25, 0.3) is 11.0 Å². The number of aromatic carboxylic acids is 1. The van der Waals surface area contributed by atoms with Crippen LogP contribution in [0.4, 0.5) is 0 Å². The third-order valence-electron chi connectivity index (χ3n) is 2.97. The van der Waals surface area contributed by atoms with Crippen LogP contribution in [0.15, 0.2) is 28.7 Å². The number of carboxylic acids is 1. The van der Waals surface area contributed by atoms with Crippen molar-refractivity contribution < 1.29 is 14.3 Å². The highest BCUT2D eigenvalue weighted by Crippen LogP contribution is 2.28. The fourth-order valence-corrected chi connectivity index (χ4v) is 2.90. The highest BCUT2D eigenvalue weighted by molar-refractivity contribution is 7.98. The summed E-state index contributed by atoms with van der Waals surface area (Å²) in [7, 11) is 0. The second-order valence-electron chi connectivity index (χ2n) is 4.39. The second kappa shape index (κ2) is 6.12. The Morgan fingerprint density at radius 3 is 2.89 bits per heavy atom. The normalized spacial score (nSPS) is 12.7. The van der Waals surface area contributed by atoms with Crippen molar-refractivity contribution in [3.8, 4) is 0 Å². The van der Waals surface area contributed by atoms with Gasteiger partial charge in [-0.25, -0.2) is 4.79 Å². The summed E-state index contributed by atoms with van der Waals surface area (Å²) in [4.78, 5) is 11.4. The van der Waals surface area contributed by atoms with Gasteiger partial charge in [-0.15, -0.1) is 0 Å². The molecule has 0 amide bonds. The third-order valence-corrected chi connectivity index (χ3v) is 4.10. The van der Waals surface area contributed by atoms with Crippen LogP contribution in [0.1, 0.15) is 29.5 Å². The number of carbonyl (C=O) groups is 1. The smallest absolute Gasteiger partial charge is 0.339 e. The second-order valence-corrected chi connectivity index (χ2v) is 5.42. The van der Waals surface area contributed by atoms with Gasteiger partial charge < -0.3 is 15.3 Å². The Labute approximate surface area is 116 Å². The van der Waals surface area contributed by atoms with Gasteiger partial charge in [-0.3, -0.25) is 0 Å². The first-order valence-corrected chi connectivity index (χ1v) is 7.36. The molecule has 2 rings (SSSR count). The molecule has 0 saturated carbocycles. The summed E-state index contributed by atoms with van der Waals surface area (Å²) in [6.07, 6.45) is 0.916. The molecule has 2 aromatic rings. The van der Waals surface area contributed by atoms with E-state index in [1.165, 1.54) is 0 Å². The monoisotopic (exact) mass is 279 g/mol. The van der Waals surface area contributed by atoms with Crippen molar-refractivity contribution in [3.05, 3.63) is 35.6 Å². The molecule has 102 valence electrons. The van der Waals surface area contributed by atoms with Crippen molar-refractivity contribution in [3.63, 3.8) is 0 Å². The number of thioether (sulfide) groups is 1. The minimum atomic E-state index is -0.944. The molecular weight excluding hydrogens is 262 g/mol. The van der Waals surface area contributed by atoms with Crippen LogP contribution in [0, 0.1) is 0 Å². The zero-order chi connectivity index (χ0) is 13.8. The summed E-state index contributed by atoms with van der Waals surface area (Å²) < 4.78 is 5.63. The predicted octanol–water partition coefficient (Wildman–Crippen LogP) is 3.10. The summed E-state index contributed by atoms with van der Waals surface area (Å²) in [5, 5.41) is 9.97. The molecule has 0 spiro atoms. The molecule has 19 heavy (non-hydrogen) atoms. The van der Waals surface area contributed by atoms with Crippen molar-refractivity contribution in [2.75, 3.05) is 5.75 Å². The van der Waals surface area contributed by atoms with E-state index in [9.17, 15) is 9.90 Å². The van der Waals surface area contributed by atoms with Crippen LogP contribution in [0.5, 0.6) is 0 Å². The number of furan rings is 1. The number of rotatable bonds is 6. The van der Waals surface area contributed by atoms with E-state index in [0.29, 0.717) is 22.5 Å². The summed E-state index contributed by atoms with van der Waals surface area (Å²) in [6, 6.07) is 7.35.